The first-order valence-electron chi connectivity index (χ1n) is 18.5. The Balaban J connectivity index is 0.949. The van der Waals surface area contributed by atoms with Crippen molar-refractivity contribution in [3.05, 3.63) is 218 Å². The third-order valence-electron chi connectivity index (χ3n) is 10.6. The first kappa shape index (κ1) is 31.6. The molecule has 0 bridgehead atoms. The van der Waals surface area contributed by atoms with E-state index in [2.05, 4.69) is 228 Å². The topological polar surface area (TPSA) is 8.17 Å². The van der Waals surface area contributed by atoms with Crippen LogP contribution in [0, 0.1) is 0 Å². The number of para-hydroxylation sites is 2. The van der Waals surface area contributed by atoms with E-state index < -0.39 is 0 Å². The zero-order chi connectivity index (χ0) is 35.8. The first-order chi connectivity index (χ1) is 26.8. The minimum Gasteiger partial charge on any atom is -0.310 e. The third-order valence-corrected chi connectivity index (χ3v) is 10.6. The van der Waals surface area contributed by atoms with Gasteiger partial charge in [-0.15, -0.1) is 0 Å². The van der Waals surface area contributed by atoms with Crippen molar-refractivity contribution in [2.24, 2.45) is 0 Å². The molecule has 0 saturated heterocycles. The molecule has 2 nitrogen and oxygen atoms in total. The van der Waals surface area contributed by atoms with Crippen LogP contribution >= 0.6 is 0 Å². The van der Waals surface area contributed by atoms with E-state index >= 15 is 0 Å². The van der Waals surface area contributed by atoms with Crippen LogP contribution in [0.5, 0.6) is 0 Å². The van der Waals surface area contributed by atoms with Gasteiger partial charge in [0.1, 0.15) is 0 Å². The highest BCUT2D eigenvalue weighted by molar-refractivity contribution is 6.09. The molecule has 0 amide bonds. The largest absolute Gasteiger partial charge is 0.310 e. The predicted molar refractivity (Wildman–Crippen MR) is 229 cm³/mol. The van der Waals surface area contributed by atoms with Crippen molar-refractivity contribution in [3.63, 3.8) is 0 Å². The Labute approximate surface area is 315 Å². The maximum Gasteiger partial charge on any atom is 0.0541 e. The van der Waals surface area contributed by atoms with Crippen molar-refractivity contribution in [3.8, 4) is 39.1 Å². The molecule has 10 rings (SSSR count). The normalized spacial score (nSPS) is 11.3. The van der Waals surface area contributed by atoms with Gasteiger partial charge in [0.2, 0.25) is 0 Å². The molecule has 0 N–H and O–H groups in total. The lowest BCUT2D eigenvalue weighted by Gasteiger charge is -2.27. The molecule has 10 aromatic rings. The zero-order valence-corrected chi connectivity index (χ0v) is 29.7. The number of hydrogen-bond donors (Lipinski definition) is 0. The van der Waals surface area contributed by atoms with Gasteiger partial charge in [0, 0.05) is 33.2 Å². The maximum atomic E-state index is 2.37. The monoisotopic (exact) mass is 688 g/mol. The molecule has 54 heavy (non-hydrogen) atoms. The molecule has 1 heterocycles. The summed E-state index contributed by atoms with van der Waals surface area (Å²) in [5.41, 5.74) is 14.2. The lowest BCUT2D eigenvalue weighted by molar-refractivity contribution is 1.18. The molecule has 0 radical (unpaired) electrons. The molecule has 0 spiro atoms. The molecular formula is C52H36N2. The smallest absolute Gasteiger partial charge is 0.0541 e. The summed E-state index contributed by atoms with van der Waals surface area (Å²) in [6.07, 6.45) is 0. The highest BCUT2D eigenvalue weighted by Crippen LogP contribution is 2.40. The Bertz CT molecular complexity index is 2830. The number of aromatic nitrogens is 1. The van der Waals surface area contributed by atoms with E-state index in [0.29, 0.717) is 0 Å². The molecule has 9 aromatic carbocycles. The van der Waals surface area contributed by atoms with Crippen LogP contribution in [0.25, 0.3) is 71.6 Å². The van der Waals surface area contributed by atoms with Crippen molar-refractivity contribution in [1.82, 2.24) is 4.57 Å². The van der Waals surface area contributed by atoms with Gasteiger partial charge < -0.3 is 9.47 Å². The number of fused-ring (bicyclic) bond motifs is 4. The van der Waals surface area contributed by atoms with Crippen LogP contribution in [0.1, 0.15) is 0 Å². The van der Waals surface area contributed by atoms with E-state index in [-0.39, 0.29) is 0 Å². The third kappa shape index (κ3) is 5.62. The quantitative estimate of drug-likeness (QED) is 0.162. The Hall–Kier alpha value is -7.16. The molecular weight excluding hydrogens is 653 g/mol. The summed E-state index contributed by atoms with van der Waals surface area (Å²) < 4.78 is 2.36. The Morgan fingerprint density at radius 2 is 0.667 bits per heavy atom. The SMILES string of the molecule is c1ccc(-c2ccc(N(c3ccc(-c4ccc(-c5ccc(-n6c7ccccc7c7ccccc76)cc5)cc4)cc3)c3cccc4ccccc34)cc2)cc1. The van der Waals surface area contributed by atoms with Crippen molar-refractivity contribution in [2.75, 3.05) is 4.90 Å². The Morgan fingerprint density at radius 3 is 1.20 bits per heavy atom. The van der Waals surface area contributed by atoms with Crippen LogP contribution in [-0.4, -0.2) is 4.57 Å². The van der Waals surface area contributed by atoms with Crippen LogP contribution in [-0.2, 0) is 0 Å². The maximum absolute atomic E-state index is 2.37. The van der Waals surface area contributed by atoms with Gasteiger partial charge in [0.15, 0.2) is 0 Å². The predicted octanol–water partition coefficient (Wildman–Crippen LogP) is 14.4. The number of rotatable bonds is 7. The average Bonchev–Trinajstić information content (AvgIpc) is 3.59. The summed E-state index contributed by atoms with van der Waals surface area (Å²) in [5.74, 6) is 0. The van der Waals surface area contributed by atoms with Gasteiger partial charge in [-0.3, -0.25) is 0 Å². The standard InChI is InChI=1S/C52H36N2/c1-2-11-37(12-3-1)40-25-31-44(32-26-40)53(50-20-10-14-43-13-4-5-15-47(43)50)45-33-27-41(28-34-45)38-21-23-39(24-22-38)42-29-35-46(36-30-42)54-51-18-8-6-16-48(51)49-17-7-9-19-52(49)54/h1-36H. The van der Waals surface area contributed by atoms with Crippen molar-refractivity contribution in [1.29, 1.82) is 0 Å². The summed E-state index contributed by atoms with van der Waals surface area (Å²) in [6, 6.07) is 78.7. The van der Waals surface area contributed by atoms with Gasteiger partial charge in [-0.25, -0.2) is 0 Å². The van der Waals surface area contributed by atoms with E-state index in [1.165, 1.54) is 66.0 Å². The van der Waals surface area contributed by atoms with E-state index in [0.717, 1.165) is 22.7 Å². The van der Waals surface area contributed by atoms with E-state index in [1.807, 2.05) is 0 Å². The molecule has 0 aliphatic rings. The molecule has 2 heteroatoms. The van der Waals surface area contributed by atoms with Gasteiger partial charge in [-0.1, -0.05) is 164 Å². The van der Waals surface area contributed by atoms with Crippen LogP contribution in [0.2, 0.25) is 0 Å². The molecule has 0 aliphatic heterocycles. The summed E-state index contributed by atoms with van der Waals surface area (Å²) in [5, 5.41) is 4.99. The minimum atomic E-state index is 1.11. The molecule has 0 aliphatic carbocycles. The molecule has 0 atom stereocenters. The Morgan fingerprint density at radius 1 is 0.278 bits per heavy atom. The lowest BCUT2D eigenvalue weighted by Crippen LogP contribution is -2.10. The minimum absolute atomic E-state index is 1.11. The van der Waals surface area contributed by atoms with Gasteiger partial charge in [0.05, 0.1) is 16.7 Å². The van der Waals surface area contributed by atoms with Crippen molar-refractivity contribution >= 4 is 49.6 Å². The highest BCUT2D eigenvalue weighted by Gasteiger charge is 2.16. The number of nitrogens with zero attached hydrogens (tertiary/aromatic N) is 2. The fraction of sp³-hybridized carbons (Fsp3) is 0. The van der Waals surface area contributed by atoms with Gasteiger partial charge in [0.25, 0.3) is 0 Å². The zero-order valence-electron chi connectivity index (χ0n) is 29.7. The van der Waals surface area contributed by atoms with Crippen LogP contribution in [0.4, 0.5) is 17.1 Å². The lowest BCUT2D eigenvalue weighted by atomic mass is 9.99. The number of anilines is 3. The number of benzene rings is 9. The van der Waals surface area contributed by atoms with E-state index in [4.69, 9.17) is 0 Å². The summed E-state index contributed by atoms with van der Waals surface area (Å²) in [7, 11) is 0. The Kier molecular flexibility index (Phi) is 7.85. The van der Waals surface area contributed by atoms with Crippen molar-refractivity contribution < 1.29 is 0 Å². The molecule has 0 unspecified atom stereocenters. The van der Waals surface area contributed by atoms with Crippen molar-refractivity contribution in [2.45, 2.75) is 0 Å². The fourth-order valence-corrected chi connectivity index (χ4v) is 7.93. The molecule has 0 fully saturated rings. The van der Waals surface area contributed by atoms with Gasteiger partial charge >= 0.3 is 0 Å². The van der Waals surface area contributed by atoms with Crippen LogP contribution < -0.4 is 4.90 Å². The summed E-state index contributed by atoms with van der Waals surface area (Å²) in [6.45, 7) is 0. The van der Waals surface area contributed by atoms with E-state index in [9.17, 15) is 0 Å². The average molecular weight is 689 g/mol. The molecule has 1 aromatic heterocycles. The summed E-state index contributed by atoms with van der Waals surface area (Å²) >= 11 is 0. The molecule has 0 saturated carbocycles. The van der Waals surface area contributed by atoms with Gasteiger partial charge in [-0.2, -0.15) is 0 Å². The summed E-state index contributed by atoms with van der Waals surface area (Å²) in [4.78, 5) is 2.37. The second-order valence-corrected chi connectivity index (χ2v) is 13.8. The van der Waals surface area contributed by atoms with Crippen LogP contribution in [0.3, 0.4) is 0 Å². The van der Waals surface area contributed by atoms with Gasteiger partial charge in [-0.05, 0) is 93.4 Å². The second kappa shape index (κ2) is 13.4. The fourth-order valence-electron chi connectivity index (χ4n) is 7.93. The number of hydrogen-bond acceptors (Lipinski definition) is 1. The second-order valence-electron chi connectivity index (χ2n) is 13.8. The van der Waals surface area contributed by atoms with Crippen LogP contribution in [0.15, 0.2) is 218 Å². The first-order valence-corrected chi connectivity index (χ1v) is 18.5. The molecule has 254 valence electrons. The van der Waals surface area contributed by atoms with E-state index in [1.54, 1.807) is 0 Å². The highest BCUT2D eigenvalue weighted by atomic mass is 15.1.